The summed E-state index contributed by atoms with van der Waals surface area (Å²) in [5, 5.41) is 0. The Morgan fingerprint density at radius 2 is 1.50 bits per heavy atom. The first-order chi connectivity index (χ1) is 10.8. The minimum atomic E-state index is 0.842. The van der Waals surface area contributed by atoms with Crippen LogP contribution < -0.4 is 0 Å². The molecule has 3 nitrogen and oxygen atoms in total. The van der Waals surface area contributed by atoms with Gasteiger partial charge in [-0.05, 0) is 18.2 Å². The zero-order chi connectivity index (χ0) is 15.2. The van der Waals surface area contributed by atoms with Gasteiger partial charge in [0, 0.05) is 25.5 Å². The van der Waals surface area contributed by atoms with Crippen molar-refractivity contribution < 1.29 is 0 Å². The minimum absolute atomic E-state index is 0.842. The van der Waals surface area contributed by atoms with Crippen molar-refractivity contribution in [3.05, 3.63) is 90.0 Å². The molecule has 0 fully saturated rings. The van der Waals surface area contributed by atoms with Gasteiger partial charge in [0.25, 0.3) is 0 Å². The summed E-state index contributed by atoms with van der Waals surface area (Å²) in [6.07, 6.45) is 3.94. The Morgan fingerprint density at radius 1 is 0.864 bits per heavy atom. The van der Waals surface area contributed by atoms with Crippen LogP contribution in [0.15, 0.2) is 73.1 Å². The molecule has 0 aliphatic rings. The molecule has 0 bridgehead atoms. The molecular weight excluding hydrogens is 270 g/mol. The van der Waals surface area contributed by atoms with E-state index in [0.717, 1.165) is 25.5 Å². The Hall–Kier alpha value is -2.39. The normalized spacial score (nSPS) is 11.0. The highest BCUT2D eigenvalue weighted by molar-refractivity contribution is 5.16. The maximum atomic E-state index is 4.52. The van der Waals surface area contributed by atoms with Crippen LogP contribution in [0.4, 0.5) is 0 Å². The van der Waals surface area contributed by atoms with Crippen molar-refractivity contribution in [2.75, 3.05) is 7.05 Å². The van der Waals surface area contributed by atoms with Gasteiger partial charge in [-0.1, -0.05) is 60.7 Å². The lowest BCUT2D eigenvalue weighted by molar-refractivity contribution is 0.306. The fourth-order valence-electron chi connectivity index (χ4n) is 2.61. The summed E-state index contributed by atoms with van der Waals surface area (Å²) in [7, 11) is 2.13. The van der Waals surface area contributed by atoms with E-state index in [-0.39, 0.29) is 0 Å². The number of imidazole rings is 1. The molecular formula is C19H21N3. The molecule has 3 rings (SSSR count). The van der Waals surface area contributed by atoms with Crippen LogP contribution in [0.3, 0.4) is 0 Å². The highest BCUT2D eigenvalue weighted by Crippen LogP contribution is 2.09. The van der Waals surface area contributed by atoms with Gasteiger partial charge in [0.2, 0.25) is 0 Å². The first kappa shape index (κ1) is 14.5. The third-order valence-corrected chi connectivity index (χ3v) is 3.70. The summed E-state index contributed by atoms with van der Waals surface area (Å²) in [5.41, 5.74) is 2.62. The molecule has 1 heterocycles. The number of benzene rings is 2. The molecule has 112 valence electrons. The molecule has 0 aliphatic carbocycles. The Labute approximate surface area is 131 Å². The van der Waals surface area contributed by atoms with Gasteiger partial charge in [-0.15, -0.1) is 0 Å². The van der Waals surface area contributed by atoms with Crippen LogP contribution in [0, 0.1) is 0 Å². The van der Waals surface area contributed by atoms with E-state index in [1.165, 1.54) is 11.1 Å². The maximum absolute atomic E-state index is 4.52. The Kier molecular flexibility index (Phi) is 4.66. The molecule has 0 atom stereocenters. The predicted molar refractivity (Wildman–Crippen MR) is 89.4 cm³/mol. The van der Waals surface area contributed by atoms with Gasteiger partial charge in [0.15, 0.2) is 0 Å². The lowest BCUT2D eigenvalue weighted by atomic mass is 10.2. The summed E-state index contributed by atoms with van der Waals surface area (Å²) in [5.74, 6) is 1.10. The van der Waals surface area contributed by atoms with Crippen molar-refractivity contribution in [1.82, 2.24) is 14.5 Å². The van der Waals surface area contributed by atoms with Gasteiger partial charge in [0.05, 0.1) is 6.54 Å². The van der Waals surface area contributed by atoms with Gasteiger partial charge >= 0.3 is 0 Å². The Bertz CT molecular complexity index is 689. The number of nitrogens with zero attached hydrogens (tertiary/aromatic N) is 3. The topological polar surface area (TPSA) is 21.1 Å². The van der Waals surface area contributed by atoms with Crippen LogP contribution in [-0.4, -0.2) is 21.5 Å². The number of hydrogen-bond acceptors (Lipinski definition) is 2. The highest BCUT2D eigenvalue weighted by Gasteiger charge is 2.07. The van der Waals surface area contributed by atoms with Crippen LogP contribution in [0.2, 0.25) is 0 Å². The van der Waals surface area contributed by atoms with Crippen molar-refractivity contribution in [1.29, 1.82) is 0 Å². The summed E-state index contributed by atoms with van der Waals surface area (Å²) in [6.45, 7) is 2.64. The summed E-state index contributed by atoms with van der Waals surface area (Å²) >= 11 is 0. The maximum Gasteiger partial charge on any atom is 0.123 e. The van der Waals surface area contributed by atoms with E-state index in [1.807, 2.05) is 12.3 Å². The third kappa shape index (κ3) is 3.83. The van der Waals surface area contributed by atoms with E-state index >= 15 is 0 Å². The predicted octanol–water partition coefficient (Wildman–Crippen LogP) is 3.56. The van der Waals surface area contributed by atoms with Crippen molar-refractivity contribution in [2.24, 2.45) is 0 Å². The molecule has 0 N–H and O–H groups in total. The van der Waals surface area contributed by atoms with Crippen molar-refractivity contribution in [3.8, 4) is 0 Å². The van der Waals surface area contributed by atoms with Gasteiger partial charge < -0.3 is 4.57 Å². The van der Waals surface area contributed by atoms with Crippen LogP contribution in [0.5, 0.6) is 0 Å². The Balaban J connectivity index is 1.65. The summed E-state index contributed by atoms with van der Waals surface area (Å²) in [6, 6.07) is 21.0. The largest absolute Gasteiger partial charge is 0.329 e. The smallest absolute Gasteiger partial charge is 0.123 e. The van der Waals surface area contributed by atoms with E-state index < -0.39 is 0 Å². The first-order valence-electron chi connectivity index (χ1n) is 7.57. The second-order valence-electron chi connectivity index (χ2n) is 5.61. The first-order valence-corrected chi connectivity index (χ1v) is 7.57. The number of rotatable bonds is 6. The average molecular weight is 291 g/mol. The minimum Gasteiger partial charge on any atom is -0.329 e. The summed E-state index contributed by atoms with van der Waals surface area (Å²) in [4.78, 5) is 6.81. The molecule has 0 aliphatic heterocycles. The zero-order valence-corrected chi connectivity index (χ0v) is 12.9. The van der Waals surface area contributed by atoms with Crippen LogP contribution in [-0.2, 0) is 19.6 Å². The summed E-state index contributed by atoms with van der Waals surface area (Å²) < 4.78 is 2.22. The standard InChI is InChI=1S/C19H21N3/c1-21(14-17-8-4-2-5-9-17)16-19-20-12-13-22(19)15-18-10-6-3-7-11-18/h2-13H,14-16H2,1H3. The van der Waals surface area contributed by atoms with E-state index in [1.54, 1.807) is 0 Å². The van der Waals surface area contributed by atoms with E-state index in [4.69, 9.17) is 0 Å². The number of aromatic nitrogens is 2. The van der Waals surface area contributed by atoms with Gasteiger partial charge in [-0.2, -0.15) is 0 Å². The lowest BCUT2D eigenvalue weighted by Gasteiger charge is -2.17. The molecule has 0 unspecified atom stereocenters. The molecule has 3 aromatic rings. The van der Waals surface area contributed by atoms with E-state index in [2.05, 4.69) is 82.3 Å². The number of hydrogen-bond donors (Lipinski definition) is 0. The molecule has 1 aromatic heterocycles. The second kappa shape index (κ2) is 7.05. The van der Waals surface area contributed by atoms with E-state index in [0.29, 0.717) is 0 Å². The van der Waals surface area contributed by atoms with Crippen LogP contribution in [0.1, 0.15) is 17.0 Å². The van der Waals surface area contributed by atoms with Crippen LogP contribution >= 0.6 is 0 Å². The molecule has 3 heteroatoms. The molecule has 0 radical (unpaired) electrons. The van der Waals surface area contributed by atoms with Crippen molar-refractivity contribution in [3.63, 3.8) is 0 Å². The van der Waals surface area contributed by atoms with Gasteiger partial charge in [-0.25, -0.2) is 4.98 Å². The fourth-order valence-corrected chi connectivity index (χ4v) is 2.61. The fraction of sp³-hybridized carbons (Fsp3) is 0.211. The van der Waals surface area contributed by atoms with Gasteiger partial charge in [-0.3, -0.25) is 4.90 Å². The zero-order valence-electron chi connectivity index (χ0n) is 12.9. The third-order valence-electron chi connectivity index (χ3n) is 3.70. The second-order valence-corrected chi connectivity index (χ2v) is 5.61. The molecule has 2 aromatic carbocycles. The molecule has 0 saturated carbocycles. The molecule has 0 saturated heterocycles. The highest BCUT2D eigenvalue weighted by atomic mass is 15.2. The van der Waals surface area contributed by atoms with Crippen LogP contribution in [0.25, 0.3) is 0 Å². The molecule has 0 amide bonds. The molecule has 0 spiro atoms. The van der Waals surface area contributed by atoms with E-state index in [9.17, 15) is 0 Å². The Morgan fingerprint density at radius 3 is 2.18 bits per heavy atom. The van der Waals surface area contributed by atoms with Crippen molar-refractivity contribution >= 4 is 0 Å². The molecule has 22 heavy (non-hydrogen) atoms. The van der Waals surface area contributed by atoms with Gasteiger partial charge in [0.1, 0.15) is 5.82 Å². The lowest BCUT2D eigenvalue weighted by Crippen LogP contribution is -2.20. The quantitative estimate of drug-likeness (QED) is 0.692. The van der Waals surface area contributed by atoms with Crippen molar-refractivity contribution in [2.45, 2.75) is 19.6 Å². The average Bonchev–Trinajstić information content (AvgIpc) is 2.96. The monoisotopic (exact) mass is 291 g/mol. The SMILES string of the molecule is CN(Cc1ccccc1)Cc1nccn1Cc1ccccc1.